The zero-order valence-electron chi connectivity index (χ0n) is 24.0. The van der Waals surface area contributed by atoms with Gasteiger partial charge in [0.25, 0.3) is 5.91 Å². The molecule has 0 saturated carbocycles. The molecule has 7 nitrogen and oxygen atoms in total. The molecular weight excluding hydrogens is 552 g/mol. The number of aliphatic carboxylic acids is 1. The Bertz CT molecular complexity index is 1690. The number of nitrogens with zero attached hydrogens (tertiary/aromatic N) is 1. The van der Waals surface area contributed by atoms with Crippen molar-refractivity contribution < 1.29 is 24.2 Å². The number of para-hydroxylation sites is 2. The van der Waals surface area contributed by atoms with Gasteiger partial charge in [0.15, 0.2) is 5.78 Å². The Balaban J connectivity index is 1.22. The second-order valence-corrected chi connectivity index (χ2v) is 10.1. The first kappa shape index (κ1) is 29.8. The molecule has 1 amide bonds. The number of hydrogen-bond acceptors (Lipinski definition) is 5. The van der Waals surface area contributed by atoms with Crippen LogP contribution < -0.4 is 15.0 Å². The molecule has 0 spiro atoms. The fourth-order valence-electron chi connectivity index (χ4n) is 4.84. The van der Waals surface area contributed by atoms with Gasteiger partial charge in [0.05, 0.1) is 6.54 Å². The third-order valence-corrected chi connectivity index (χ3v) is 7.12. The van der Waals surface area contributed by atoms with E-state index in [4.69, 9.17) is 4.74 Å². The third kappa shape index (κ3) is 7.57. The minimum Gasteiger partial charge on any atom is -0.492 e. The molecule has 220 valence electrons. The van der Waals surface area contributed by atoms with Crippen molar-refractivity contribution >= 4 is 29.0 Å². The van der Waals surface area contributed by atoms with Crippen molar-refractivity contribution in [2.24, 2.45) is 0 Å². The van der Waals surface area contributed by atoms with E-state index in [9.17, 15) is 19.5 Å². The summed E-state index contributed by atoms with van der Waals surface area (Å²) in [4.78, 5) is 40.2. The fraction of sp³-hybridized carbons (Fsp3) is 0.108. The molecule has 1 unspecified atom stereocenters. The van der Waals surface area contributed by atoms with Gasteiger partial charge in [0.2, 0.25) is 0 Å². The topological polar surface area (TPSA) is 95.9 Å². The van der Waals surface area contributed by atoms with Gasteiger partial charge >= 0.3 is 5.97 Å². The molecule has 0 saturated heterocycles. The molecule has 0 aliphatic carbocycles. The van der Waals surface area contributed by atoms with E-state index >= 15 is 0 Å². The van der Waals surface area contributed by atoms with Crippen LogP contribution in [0.5, 0.6) is 5.75 Å². The van der Waals surface area contributed by atoms with Crippen LogP contribution in [-0.2, 0) is 11.2 Å². The average Bonchev–Trinajstić information content (AvgIpc) is 3.08. The van der Waals surface area contributed by atoms with Gasteiger partial charge in [-0.15, -0.1) is 0 Å². The average molecular weight is 585 g/mol. The van der Waals surface area contributed by atoms with E-state index in [1.807, 2.05) is 66.7 Å². The summed E-state index contributed by atoms with van der Waals surface area (Å²) in [6.07, 6.45) is 0.191. The maximum atomic E-state index is 13.2. The van der Waals surface area contributed by atoms with Crippen LogP contribution in [0.2, 0.25) is 0 Å². The Kier molecular flexibility index (Phi) is 9.80. The van der Waals surface area contributed by atoms with E-state index in [1.165, 1.54) is 0 Å². The molecule has 0 bridgehead atoms. The Labute approximate surface area is 256 Å². The first-order valence-electron chi connectivity index (χ1n) is 14.3. The van der Waals surface area contributed by atoms with Crippen molar-refractivity contribution in [1.82, 2.24) is 0 Å². The second kappa shape index (κ2) is 14.5. The quantitative estimate of drug-likeness (QED) is 0.149. The summed E-state index contributed by atoms with van der Waals surface area (Å²) in [5, 5.41) is 13.0. The lowest BCUT2D eigenvalue weighted by atomic mass is 10.00. The summed E-state index contributed by atoms with van der Waals surface area (Å²) in [6.45, 7) is 0.601. The maximum absolute atomic E-state index is 13.2. The molecule has 5 aromatic carbocycles. The normalized spacial score (nSPS) is 11.3. The number of hydrogen-bond donors (Lipinski definition) is 2. The van der Waals surface area contributed by atoms with Crippen LogP contribution in [0.15, 0.2) is 140 Å². The van der Waals surface area contributed by atoms with E-state index in [2.05, 4.69) is 5.32 Å². The minimum absolute atomic E-state index is 0.116. The van der Waals surface area contributed by atoms with Gasteiger partial charge in [-0.3, -0.25) is 9.59 Å². The highest BCUT2D eigenvalue weighted by Crippen LogP contribution is 2.22. The van der Waals surface area contributed by atoms with Crippen LogP contribution in [0.1, 0.15) is 31.8 Å². The summed E-state index contributed by atoms with van der Waals surface area (Å²) in [5.74, 6) is -0.727. The van der Waals surface area contributed by atoms with Crippen molar-refractivity contribution in [3.63, 3.8) is 0 Å². The van der Waals surface area contributed by atoms with Gasteiger partial charge in [-0.05, 0) is 54.1 Å². The number of carbonyl (C=O) groups is 3. The number of carboxylic acids is 1. The largest absolute Gasteiger partial charge is 0.492 e. The van der Waals surface area contributed by atoms with Gasteiger partial charge in [-0.1, -0.05) is 91.0 Å². The highest BCUT2D eigenvalue weighted by Gasteiger charge is 2.22. The molecule has 5 aromatic rings. The first-order valence-corrected chi connectivity index (χ1v) is 14.3. The number of carboxylic acid groups (broad SMARTS) is 1. The molecule has 5 rings (SSSR count). The van der Waals surface area contributed by atoms with Gasteiger partial charge in [-0.2, -0.15) is 0 Å². The summed E-state index contributed by atoms with van der Waals surface area (Å²) in [6, 6.07) is 40.6. The molecule has 0 aromatic heterocycles. The number of ketones is 1. The molecule has 1 atom stereocenters. The van der Waals surface area contributed by atoms with Gasteiger partial charge in [-0.25, -0.2) is 4.79 Å². The summed E-state index contributed by atoms with van der Waals surface area (Å²) in [5.41, 5.74) is 3.55. The van der Waals surface area contributed by atoms with Gasteiger partial charge < -0.3 is 20.1 Å². The Hall–Kier alpha value is -5.69. The summed E-state index contributed by atoms with van der Waals surface area (Å²) < 4.78 is 5.97. The molecule has 0 fully saturated rings. The number of rotatable bonds is 13. The predicted octanol–water partition coefficient (Wildman–Crippen LogP) is 6.75. The van der Waals surface area contributed by atoms with Crippen LogP contribution >= 0.6 is 0 Å². The van der Waals surface area contributed by atoms with Crippen LogP contribution in [0.3, 0.4) is 0 Å². The third-order valence-electron chi connectivity index (χ3n) is 7.12. The summed E-state index contributed by atoms with van der Waals surface area (Å²) in [7, 11) is 0. The van der Waals surface area contributed by atoms with Crippen molar-refractivity contribution in [1.29, 1.82) is 0 Å². The monoisotopic (exact) mass is 584 g/mol. The predicted molar refractivity (Wildman–Crippen MR) is 172 cm³/mol. The number of amides is 1. The van der Waals surface area contributed by atoms with Crippen molar-refractivity contribution in [2.45, 2.75) is 12.5 Å². The van der Waals surface area contributed by atoms with Crippen molar-refractivity contribution in [2.75, 3.05) is 23.4 Å². The van der Waals surface area contributed by atoms with Crippen LogP contribution in [0, 0.1) is 0 Å². The number of carbonyl (C=O) groups excluding carboxylic acids is 2. The van der Waals surface area contributed by atoms with E-state index in [-0.39, 0.29) is 24.7 Å². The number of nitrogens with one attached hydrogen (secondary N) is 1. The first-order chi connectivity index (χ1) is 21.5. The molecule has 0 aliphatic heterocycles. The highest BCUT2D eigenvalue weighted by atomic mass is 16.5. The Morgan fingerprint density at radius 1 is 0.682 bits per heavy atom. The van der Waals surface area contributed by atoms with E-state index < -0.39 is 12.0 Å². The van der Waals surface area contributed by atoms with Crippen molar-refractivity contribution in [3.05, 3.63) is 162 Å². The van der Waals surface area contributed by atoms with Crippen molar-refractivity contribution in [3.8, 4) is 5.75 Å². The Morgan fingerprint density at radius 2 is 1.25 bits per heavy atom. The molecular formula is C37H32N2O5. The van der Waals surface area contributed by atoms with Gasteiger partial charge in [0, 0.05) is 34.5 Å². The van der Waals surface area contributed by atoms with Crippen LogP contribution in [-0.4, -0.2) is 42.0 Å². The molecule has 0 radical (unpaired) electrons. The van der Waals surface area contributed by atoms with Gasteiger partial charge in [0.1, 0.15) is 18.4 Å². The smallest absolute Gasteiger partial charge is 0.326 e. The Morgan fingerprint density at radius 3 is 1.89 bits per heavy atom. The molecule has 44 heavy (non-hydrogen) atoms. The highest BCUT2D eigenvalue weighted by molar-refractivity contribution is 6.12. The number of anilines is 2. The number of ether oxygens (including phenoxy) is 1. The second-order valence-electron chi connectivity index (χ2n) is 10.1. The van der Waals surface area contributed by atoms with E-state index in [0.29, 0.717) is 34.7 Å². The molecule has 0 aliphatic rings. The van der Waals surface area contributed by atoms with E-state index in [0.717, 1.165) is 11.3 Å². The standard InChI is InChI=1S/C37H32N2O5/c40-35(28-12-4-1-5-13-28)32-18-10-11-19-33(32)38-34(37(42)43)26-27-20-22-31(23-21-27)44-25-24-39(30-16-8-3-9-17-30)36(41)29-14-6-2-7-15-29/h1-23,34,38H,24-26H2,(H,42,43). The van der Waals surface area contributed by atoms with Crippen LogP contribution in [0.4, 0.5) is 11.4 Å². The fourth-order valence-corrected chi connectivity index (χ4v) is 4.84. The lowest BCUT2D eigenvalue weighted by Crippen LogP contribution is -2.34. The van der Waals surface area contributed by atoms with E-state index in [1.54, 1.807) is 77.7 Å². The zero-order valence-corrected chi connectivity index (χ0v) is 24.0. The molecule has 2 N–H and O–H groups in total. The summed E-state index contributed by atoms with van der Waals surface area (Å²) >= 11 is 0. The molecule has 7 heteroatoms. The number of benzene rings is 5. The van der Waals surface area contributed by atoms with Crippen LogP contribution in [0.25, 0.3) is 0 Å². The lowest BCUT2D eigenvalue weighted by Gasteiger charge is -2.23. The minimum atomic E-state index is -1.03. The maximum Gasteiger partial charge on any atom is 0.326 e. The molecule has 0 heterocycles. The SMILES string of the molecule is O=C(c1ccccc1)c1ccccc1NC(Cc1ccc(OCCN(C(=O)c2ccccc2)c2ccccc2)cc1)C(=O)O. The lowest BCUT2D eigenvalue weighted by molar-refractivity contribution is -0.137. The zero-order chi connectivity index (χ0) is 30.7.